The maximum Gasteiger partial charge on any atom is 0.279 e. The van der Waals surface area contributed by atoms with Gasteiger partial charge in [0.2, 0.25) is 0 Å². The van der Waals surface area contributed by atoms with Crippen molar-refractivity contribution < 1.29 is 19.1 Å². The van der Waals surface area contributed by atoms with E-state index >= 15 is 0 Å². The third-order valence-corrected chi connectivity index (χ3v) is 4.09. The van der Waals surface area contributed by atoms with Crippen LogP contribution in [0.5, 0.6) is 11.5 Å². The second-order valence-electron chi connectivity index (χ2n) is 6.29. The Kier molecular flexibility index (Phi) is 6.84. The highest BCUT2D eigenvalue weighted by atomic mass is 16.5. The van der Waals surface area contributed by atoms with Crippen LogP contribution < -0.4 is 20.3 Å². The zero-order valence-electron chi connectivity index (χ0n) is 16.0. The molecule has 3 rings (SSSR count). The Morgan fingerprint density at radius 3 is 2.17 bits per heavy atom. The molecule has 0 heterocycles. The highest BCUT2D eigenvalue weighted by molar-refractivity contribution is 5.98. The minimum absolute atomic E-state index is 0.320. The predicted molar refractivity (Wildman–Crippen MR) is 109 cm³/mol. The van der Waals surface area contributed by atoms with Crippen LogP contribution in [0.3, 0.4) is 0 Å². The highest BCUT2D eigenvalue weighted by Gasteiger charge is 2.17. The van der Waals surface area contributed by atoms with Gasteiger partial charge in [0.05, 0.1) is 5.56 Å². The smallest absolute Gasteiger partial charge is 0.279 e. The van der Waals surface area contributed by atoms with Gasteiger partial charge in [-0.15, -0.1) is 0 Å². The molecule has 0 fully saturated rings. The molecule has 0 aliphatic heterocycles. The van der Waals surface area contributed by atoms with Gasteiger partial charge in [-0.25, -0.2) is 0 Å². The van der Waals surface area contributed by atoms with Crippen molar-refractivity contribution in [2.45, 2.75) is 19.6 Å². The molecule has 0 aliphatic rings. The monoisotopic (exact) mass is 390 g/mol. The van der Waals surface area contributed by atoms with E-state index in [2.05, 4.69) is 10.9 Å². The molecule has 0 spiro atoms. The fourth-order valence-corrected chi connectivity index (χ4v) is 2.56. The Balaban J connectivity index is 1.55. The third-order valence-electron chi connectivity index (χ3n) is 4.09. The maximum atomic E-state index is 12.5. The van der Waals surface area contributed by atoms with Crippen molar-refractivity contribution in [2.75, 3.05) is 0 Å². The molecule has 6 heteroatoms. The van der Waals surface area contributed by atoms with E-state index in [1.807, 2.05) is 48.5 Å². The molecular formula is C23H22N2O4. The molecule has 3 aromatic carbocycles. The minimum atomic E-state index is -0.776. The van der Waals surface area contributed by atoms with Crippen molar-refractivity contribution in [1.82, 2.24) is 10.9 Å². The van der Waals surface area contributed by atoms with Gasteiger partial charge in [-0.1, -0.05) is 60.7 Å². The zero-order valence-corrected chi connectivity index (χ0v) is 16.0. The van der Waals surface area contributed by atoms with Crippen LogP contribution >= 0.6 is 0 Å². The molecule has 3 aromatic rings. The molecule has 1 unspecified atom stereocenters. The lowest BCUT2D eigenvalue weighted by Crippen LogP contribution is -2.47. The van der Waals surface area contributed by atoms with E-state index in [0.29, 0.717) is 23.7 Å². The number of para-hydroxylation sites is 2. The van der Waals surface area contributed by atoms with Crippen molar-refractivity contribution in [1.29, 1.82) is 0 Å². The van der Waals surface area contributed by atoms with Gasteiger partial charge in [-0.3, -0.25) is 20.4 Å². The van der Waals surface area contributed by atoms with Crippen LogP contribution in [0.2, 0.25) is 0 Å². The Morgan fingerprint density at radius 1 is 0.828 bits per heavy atom. The topological polar surface area (TPSA) is 76.7 Å². The number of rotatable bonds is 7. The van der Waals surface area contributed by atoms with E-state index in [-0.39, 0.29) is 0 Å². The van der Waals surface area contributed by atoms with Crippen LogP contribution in [0.25, 0.3) is 0 Å². The quantitative estimate of drug-likeness (QED) is 0.606. The van der Waals surface area contributed by atoms with Crippen LogP contribution in [-0.4, -0.2) is 17.9 Å². The molecule has 0 saturated carbocycles. The van der Waals surface area contributed by atoms with E-state index in [9.17, 15) is 9.59 Å². The summed E-state index contributed by atoms with van der Waals surface area (Å²) in [5.41, 5.74) is 6.10. The molecule has 29 heavy (non-hydrogen) atoms. The van der Waals surface area contributed by atoms with Gasteiger partial charge in [0.15, 0.2) is 6.10 Å². The lowest BCUT2D eigenvalue weighted by Gasteiger charge is -2.16. The summed E-state index contributed by atoms with van der Waals surface area (Å²) in [6.07, 6.45) is -0.776. The average Bonchev–Trinajstić information content (AvgIpc) is 2.77. The molecule has 0 bridgehead atoms. The van der Waals surface area contributed by atoms with Crippen LogP contribution in [0.1, 0.15) is 22.8 Å². The summed E-state index contributed by atoms with van der Waals surface area (Å²) in [7, 11) is 0. The Bertz CT molecular complexity index is 945. The van der Waals surface area contributed by atoms with Gasteiger partial charge >= 0.3 is 0 Å². The number of hydrazine groups is 1. The summed E-state index contributed by atoms with van der Waals surface area (Å²) >= 11 is 0. The minimum Gasteiger partial charge on any atom is -0.488 e. The van der Waals surface area contributed by atoms with Crippen molar-refractivity contribution in [2.24, 2.45) is 0 Å². The molecule has 2 N–H and O–H groups in total. The van der Waals surface area contributed by atoms with Gasteiger partial charge in [0.25, 0.3) is 11.8 Å². The summed E-state index contributed by atoms with van der Waals surface area (Å²) in [5, 5.41) is 0. The van der Waals surface area contributed by atoms with Gasteiger partial charge in [0.1, 0.15) is 18.1 Å². The fourth-order valence-electron chi connectivity index (χ4n) is 2.56. The number of benzene rings is 3. The van der Waals surface area contributed by atoms with E-state index in [1.54, 1.807) is 43.3 Å². The van der Waals surface area contributed by atoms with Crippen LogP contribution in [0.15, 0.2) is 84.9 Å². The summed E-state index contributed by atoms with van der Waals surface area (Å²) in [6.45, 7) is 1.94. The number of ether oxygens (including phenoxy) is 2. The van der Waals surface area contributed by atoms with Crippen molar-refractivity contribution in [3.63, 3.8) is 0 Å². The third kappa shape index (κ3) is 5.84. The highest BCUT2D eigenvalue weighted by Crippen LogP contribution is 2.19. The Morgan fingerprint density at radius 2 is 1.45 bits per heavy atom. The SMILES string of the molecule is CC(Oc1ccccc1)C(=O)NNC(=O)c1ccccc1OCc1ccccc1. The number of nitrogens with one attached hydrogen (secondary N) is 2. The number of carbonyl (C=O) groups excluding carboxylic acids is 2. The van der Waals surface area contributed by atoms with Gasteiger partial charge in [-0.2, -0.15) is 0 Å². The van der Waals surface area contributed by atoms with Gasteiger partial charge in [0, 0.05) is 0 Å². The molecule has 0 aliphatic carbocycles. The first-order valence-electron chi connectivity index (χ1n) is 9.21. The molecular weight excluding hydrogens is 368 g/mol. The zero-order chi connectivity index (χ0) is 20.5. The summed E-state index contributed by atoms with van der Waals surface area (Å²) in [4.78, 5) is 24.7. The van der Waals surface area contributed by atoms with Crippen molar-refractivity contribution >= 4 is 11.8 Å². The number of amides is 2. The lowest BCUT2D eigenvalue weighted by molar-refractivity contribution is -0.128. The summed E-state index contributed by atoms with van der Waals surface area (Å²) in [5.74, 6) is 0.0524. The Labute approximate surface area is 169 Å². The molecule has 2 amide bonds. The van der Waals surface area contributed by atoms with Crippen LogP contribution in [0.4, 0.5) is 0 Å². The van der Waals surface area contributed by atoms with E-state index in [1.165, 1.54) is 0 Å². The van der Waals surface area contributed by atoms with Crippen molar-refractivity contribution in [3.8, 4) is 11.5 Å². The standard InChI is InChI=1S/C23H22N2O4/c1-17(29-19-12-6-3-7-13-19)22(26)24-25-23(27)20-14-8-9-15-21(20)28-16-18-10-4-2-5-11-18/h2-15,17H,16H2,1H3,(H,24,26)(H,25,27). The van der Waals surface area contributed by atoms with Gasteiger partial charge < -0.3 is 9.47 Å². The molecule has 6 nitrogen and oxygen atoms in total. The Hall–Kier alpha value is -3.80. The fraction of sp³-hybridized carbons (Fsp3) is 0.130. The second kappa shape index (κ2) is 9.94. The average molecular weight is 390 g/mol. The summed E-state index contributed by atoms with van der Waals surface area (Å²) in [6, 6.07) is 25.5. The lowest BCUT2D eigenvalue weighted by atomic mass is 10.2. The molecule has 1 atom stereocenters. The molecule has 148 valence electrons. The molecule has 0 saturated heterocycles. The largest absolute Gasteiger partial charge is 0.488 e. The predicted octanol–water partition coefficient (Wildman–Crippen LogP) is 3.49. The molecule has 0 radical (unpaired) electrons. The second-order valence-corrected chi connectivity index (χ2v) is 6.29. The first-order valence-corrected chi connectivity index (χ1v) is 9.21. The normalized spacial score (nSPS) is 11.2. The number of hydrogen-bond donors (Lipinski definition) is 2. The first-order chi connectivity index (χ1) is 14.1. The molecule has 0 aromatic heterocycles. The van der Waals surface area contributed by atoms with Crippen molar-refractivity contribution in [3.05, 3.63) is 96.1 Å². The maximum absolute atomic E-state index is 12.5. The summed E-state index contributed by atoms with van der Waals surface area (Å²) < 4.78 is 11.3. The number of carbonyl (C=O) groups is 2. The first kappa shape index (κ1) is 19.9. The van der Waals surface area contributed by atoms with E-state index < -0.39 is 17.9 Å². The van der Waals surface area contributed by atoms with Gasteiger partial charge in [-0.05, 0) is 36.8 Å². The number of hydrogen-bond acceptors (Lipinski definition) is 4. The van der Waals surface area contributed by atoms with Crippen LogP contribution in [0, 0.1) is 0 Å². The van der Waals surface area contributed by atoms with E-state index in [4.69, 9.17) is 9.47 Å². The van der Waals surface area contributed by atoms with Crippen LogP contribution in [-0.2, 0) is 11.4 Å². The van der Waals surface area contributed by atoms with E-state index in [0.717, 1.165) is 5.56 Å².